The van der Waals surface area contributed by atoms with Crippen LogP contribution in [0.15, 0.2) is 6.07 Å². The Bertz CT molecular complexity index is 326. The predicted octanol–water partition coefficient (Wildman–Crippen LogP) is 2.85. The van der Waals surface area contributed by atoms with E-state index in [2.05, 4.69) is 32.9 Å². The first-order valence-corrected chi connectivity index (χ1v) is 4.87. The molecule has 0 N–H and O–H groups in total. The highest BCUT2D eigenvalue weighted by atomic mass is 16.5. The minimum absolute atomic E-state index is 0.561. The van der Waals surface area contributed by atoms with E-state index in [1.165, 1.54) is 16.7 Å². The Kier molecular flexibility index (Phi) is 2.03. The summed E-state index contributed by atoms with van der Waals surface area (Å²) in [4.78, 5) is 0. The van der Waals surface area contributed by atoms with E-state index < -0.39 is 0 Å². The summed E-state index contributed by atoms with van der Waals surface area (Å²) in [6.07, 6.45) is 1.02. The van der Waals surface area contributed by atoms with E-state index in [1.807, 2.05) is 0 Å². The van der Waals surface area contributed by atoms with Gasteiger partial charge in [-0.3, -0.25) is 0 Å². The van der Waals surface area contributed by atoms with Crippen LogP contribution in [0.25, 0.3) is 0 Å². The van der Waals surface area contributed by atoms with Crippen molar-refractivity contribution in [3.8, 4) is 5.75 Å². The maximum atomic E-state index is 5.59. The highest BCUT2D eigenvalue weighted by Crippen LogP contribution is 2.33. The van der Waals surface area contributed by atoms with Crippen molar-refractivity contribution < 1.29 is 4.74 Å². The summed E-state index contributed by atoms with van der Waals surface area (Å²) in [6.45, 7) is 7.39. The van der Waals surface area contributed by atoms with Crippen LogP contribution < -0.4 is 4.74 Å². The smallest absolute Gasteiger partial charge is 0.126 e. The lowest BCUT2D eigenvalue weighted by Crippen LogP contribution is -1.95. The zero-order chi connectivity index (χ0) is 9.42. The first-order valence-electron chi connectivity index (χ1n) is 4.87. The van der Waals surface area contributed by atoms with Crippen molar-refractivity contribution in [2.75, 3.05) is 6.61 Å². The highest BCUT2D eigenvalue weighted by Gasteiger charge is 2.17. The van der Waals surface area contributed by atoms with Gasteiger partial charge in [-0.25, -0.2) is 0 Å². The number of hydrogen-bond acceptors (Lipinski definition) is 1. The van der Waals surface area contributed by atoms with Crippen molar-refractivity contribution in [3.63, 3.8) is 0 Å². The first kappa shape index (κ1) is 8.61. The predicted molar refractivity (Wildman–Crippen MR) is 53.3 cm³/mol. The van der Waals surface area contributed by atoms with Crippen molar-refractivity contribution in [1.29, 1.82) is 0 Å². The van der Waals surface area contributed by atoms with E-state index in [9.17, 15) is 0 Å². The molecule has 0 amide bonds. The lowest BCUT2D eigenvalue weighted by Gasteiger charge is -2.12. The molecule has 1 aliphatic rings. The minimum atomic E-state index is 0.561. The summed E-state index contributed by atoms with van der Waals surface area (Å²) in [7, 11) is 0. The molecule has 1 heterocycles. The third-order valence-electron chi connectivity index (χ3n) is 2.67. The van der Waals surface area contributed by atoms with Crippen LogP contribution >= 0.6 is 0 Å². The standard InChI is InChI=1S/C12H15O/c1-8(2)11-5-4-10-6-7-13-12(10)9(11)3/h5,8H,6-7H2,1-3H3. The van der Waals surface area contributed by atoms with Gasteiger partial charge in [-0.15, -0.1) is 0 Å². The fraction of sp³-hybridized carbons (Fsp3) is 0.500. The van der Waals surface area contributed by atoms with Crippen LogP contribution in [0.1, 0.15) is 36.5 Å². The van der Waals surface area contributed by atoms with Gasteiger partial charge >= 0.3 is 0 Å². The molecule has 1 nitrogen and oxygen atoms in total. The molecule has 0 fully saturated rings. The molecular weight excluding hydrogens is 160 g/mol. The van der Waals surface area contributed by atoms with Gasteiger partial charge in [-0.2, -0.15) is 0 Å². The fourth-order valence-corrected chi connectivity index (χ4v) is 1.93. The fourth-order valence-electron chi connectivity index (χ4n) is 1.93. The van der Waals surface area contributed by atoms with Gasteiger partial charge in [0.2, 0.25) is 0 Å². The molecule has 0 atom stereocenters. The maximum absolute atomic E-state index is 5.59. The molecule has 2 rings (SSSR count). The van der Waals surface area contributed by atoms with Gasteiger partial charge < -0.3 is 4.74 Å². The second kappa shape index (κ2) is 3.06. The zero-order valence-electron chi connectivity index (χ0n) is 8.48. The van der Waals surface area contributed by atoms with Crippen molar-refractivity contribution in [2.24, 2.45) is 0 Å². The van der Waals surface area contributed by atoms with Gasteiger partial charge in [-0.1, -0.05) is 19.9 Å². The molecule has 0 saturated carbocycles. The van der Waals surface area contributed by atoms with E-state index in [1.54, 1.807) is 0 Å². The van der Waals surface area contributed by atoms with E-state index >= 15 is 0 Å². The van der Waals surface area contributed by atoms with Gasteiger partial charge in [0.05, 0.1) is 6.61 Å². The van der Waals surface area contributed by atoms with Crippen LogP contribution in [0, 0.1) is 13.0 Å². The van der Waals surface area contributed by atoms with Crippen LogP contribution in [0.3, 0.4) is 0 Å². The molecule has 1 aromatic rings. The monoisotopic (exact) mass is 175 g/mol. The van der Waals surface area contributed by atoms with Crippen LogP contribution in [0.5, 0.6) is 5.75 Å². The van der Waals surface area contributed by atoms with Crippen LogP contribution in [0.2, 0.25) is 0 Å². The Labute approximate surface area is 79.7 Å². The van der Waals surface area contributed by atoms with Crippen molar-refractivity contribution >= 4 is 0 Å². The number of rotatable bonds is 1. The first-order chi connectivity index (χ1) is 6.20. The van der Waals surface area contributed by atoms with Crippen molar-refractivity contribution in [3.05, 3.63) is 28.8 Å². The quantitative estimate of drug-likeness (QED) is 0.637. The molecule has 0 unspecified atom stereocenters. The lowest BCUT2D eigenvalue weighted by molar-refractivity contribution is 0.354. The van der Waals surface area contributed by atoms with Crippen LogP contribution in [-0.4, -0.2) is 6.61 Å². The topological polar surface area (TPSA) is 9.23 Å². The Hall–Kier alpha value is -0.980. The van der Waals surface area contributed by atoms with Crippen molar-refractivity contribution in [1.82, 2.24) is 0 Å². The summed E-state index contributed by atoms with van der Waals surface area (Å²) < 4.78 is 5.59. The van der Waals surface area contributed by atoms with Gasteiger partial charge in [0, 0.05) is 12.0 Å². The van der Waals surface area contributed by atoms with Crippen LogP contribution in [-0.2, 0) is 6.42 Å². The molecule has 0 bridgehead atoms. The minimum Gasteiger partial charge on any atom is -0.493 e. The maximum Gasteiger partial charge on any atom is 0.126 e. The SMILES string of the molecule is Cc1c(C(C)C)c[c]c2c1OCC2. The van der Waals surface area contributed by atoms with E-state index in [0.717, 1.165) is 18.8 Å². The summed E-state index contributed by atoms with van der Waals surface area (Å²) in [6, 6.07) is 5.43. The molecular formula is C12H15O. The van der Waals surface area contributed by atoms with Gasteiger partial charge in [0.15, 0.2) is 0 Å². The number of hydrogen-bond donors (Lipinski definition) is 0. The molecule has 13 heavy (non-hydrogen) atoms. The number of benzene rings is 1. The van der Waals surface area contributed by atoms with E-state index in [0.29, 0.717) is 5.92 Å². The third kappa shape index (κ3) is 1.32. The average Bonchev–Trinajstić information content (AvgIpc) is 2.52. The summed E-state index contributed by atoms with van der Waals surface area (Å²) in [5, 5.41) is 0. The number of fused-ring (bicyclic) bond motifs is 1. The second-order valence-corrected chi connectivity index (χ2v) is 3.93. The van der Waals surface area contributed by atoms with Gasteiger partial charge in [-0.05, 0) is 30.0 Å². The summed E-state index contributed by atoms with van der Waals surface area (Å²) in [5.41, 5.74) is 3.92. The Morgan fingerprint density at radius 1 is 1.46 bits per heavy atom. The van der Waals surface area contributed by atoms with Crippen molar-refractivity contribution in [2.45, 2.75) is 33.1 Å². The molecule has 1 aliphatic heterocycles. The zero-order valence-corrected chi connectivity index (χ0v) is 8.48. The lowest BCUT2D eigenvalue weighted by atomic mass is 9.95. The van der Waals surface area contributed by atoms with Gasteiger partial charge in [0.1, 0.15) is 5.75 Å². The van der Waals surface area contributed by atoms with E-state index in [4.69, 9.17) is 4.74 Å². The van der Waals surface area contributed by atoms with Gasteiger partial charge in [0.25, 0.3) is 0 Å². The molecule has 0 saturated heterocycles. The third-order valence-corrected chi connectivity index (χ3v) is 2.67. The molecule has 1 heteroatoms. The molecule has 69 valence electrons. The Morgan fingerprint density at radius 3 is 2.92 bits per heavy atom. The molecule has 1 aromatic carbocycles. The Balaban J connectivity index is 2.52. The average molecular weight is 175 g/mol. The molecule has 1 radical (unpaired) electrons. The van der Waals surface area contributed by atoms with Crippen LogP contribution in [0.4, 0.5) is 0 Å². The number of ether oxygens (including phenoxy) is 1. The molecule has 0 spiro atoms. The Morgan fingerprint density at radius 2 is 2.23 bits per heavy atom. The van der Waals surface area contributed by atoms with E-state index in [-0.39, 0.29) is 0 Å². The summed E-state index contributed by atoms with van der Waals surface area (Å²) in [5.74, 6) is 1.65. The second-order valence-electron chi connectivity index (χ2n) is 3.93. The molecule has 0 aliphatic carbocycles. The normalized spacial score (nSPS) is 14.5. The largest absolute Gasteiger partial charge is 0.493 e. The summed E-state index contributed by atoms with van der Waals surface area (Å²) >= 11 is 0. The highest BCUT2D eigenvalue weighted by molar-refractivity contribution is 5.48. The molecule has 0 aromatic heterocycles.